The van der Waals surface area contributed by atoms with Gasteiger partial charge in [-0.1, -0.05) is 12.1 Å². The molecule has 1 amide bonds. The van der Waals surface area contributed by atoms with E-state index in [1.54, 1.807) is 20.8 Å². The molecule has 0 saturated carbocycles. The van der Waals surface area contributed by atoms with Crippen LogP contribution < -0.4 is 5.32 Å². The van der Waals surface area contributed by atoms with Crippen molar-refractivity contribution in [2.24, 2.45) is 0 Å². The maximum atomic E-state index is 12.5. The van der Waals surface area contributed by atoms with Gasteiger partial charge < -0.3 is 10.1 Å². The highest BCUT2D eigenvalue weighted by atomic mass is 19.4. The topological polar surface area (TPSA) is 55.4 Å². The first kappa shape index (κ1) is 18.0. The van der Waals surface area contributed by atoms with Gasteiger partial charge in [0, 0.05) is 18.0 Å². The van der Waals surface area contributed by atoms with Crippen LogP contribution >= 0.6 is 0 Å². The van der Waals surface area contributed by atoms with Gasteiger partial charge in [-0.2, -0.15) is 13.2 Å². The second kappa shape index (κ2) is 6.37. The van der Waals surface area contributed by atoms with Gasteiger partial charge in [0.15, 0.2) is 0 Å². The number of rotatable bonds is 3. The molecule has 0 fully saturated rings. The Bertz CT molecular complexity index is 545. The lowest BCUT2D eigenvalue weighted by atomic mass is 10.0. The van der Waals surface area contributed by atoms with Gasteiger partial charge in [0.25, 0.3) is 5.91 Å². The van der Waals surface area contributed by atoms with Crippen LogP contribution in [0.1, 0.15) is 44.9 Å². The van der Waals surface area contributed by atoms with Crippen molar-refractivity contribution in [3.8, 4) is 0 Å². The van der Waals surface area contributed by atoms with Crippen LogP contribution in [-0.4, -0.2) is 17.4 Å². The van der Waals surface area contributed by atoms with Crippen molar-refractivity contribution >= 4 is 11.9 Å². The van der Waals surface area contributed by atoms with E-state index in [1.807, 2.05) is 0 Å². The summed E-state index contributed by atoms with van der Waals surface area (Å²) in [6.07, 6.45) is -5.76. The molecule has 0 aliphatic carbocycles. The minimum Gasteiger partial charge on any atom is -0.447 e. The Kier molecular flexibility index (Phi) is 5.22. The summed E-state index contributed by atoms with van der Waals surface area (Å²) in [7, 11) is 0. The van der Waals surface area contributed by atoms with Crippen LogP contribution in [0.5, 0.6) is 0 Å². The van der Waals surface area contributed by atoms with Crippen molar-refractivity contribution in [1.29, 1.82) is 0 Å². The molecule has 4 nitrogen and oxygen atoms in total. The Morgan fingerprint density at radius 1 is 1.09 bits per heavy atom. The van der Waals surface area contributed by atoms with Gasteiger partial charge in [-0.05, 0) is 32.9 Å². The first-order valence-electron chi connectivity index (χ1n) is 6.56. The second-order valence-electron chi connectivity index (χ2n) is 5.85. The Hall–Kier alpha value is -2.05. The van der Waals surface area contributed by atoms with E-state index in [9.17, 15) is 22.8 Å². The number of amides is 1. The molecule has 1 unspecified atom stereocenters. The summed E-state index contributed by atoms with van der Waals surface area (Å²) in [5.74, 6) is -1.29. The van der Waals surface area contributed by atoms with Gasteiger partial charge in [-0.15, -0.1) is 0 Å². The average molecular weight is 317 g/mol. The zero-order chi connectivity index (χ0) is 17.1. The number of ether oxygens (including phenoxy) is 1. The number of hydrogen-bond donors (Lipinski definition) is 1. The molecule has 0 aromatic heterocycles. The van der Waals surface area contributed by atoms with Gasteiger partial charge >= 0.3 is 12.1 Å². The van der Waals surface area contributed by atoms with E-state index in [0.717, 1.165) is 31.2 Å². The predicted molar refractivity (Wildman–Crippen MR) is 73.8 cm³/mol. The third-order valence-corrected chi connectivity index (χ3v) is 2.56. The molecule has 1 aromatic rings. The van der Waals surface area contributed by atoms with E-state index >= 15 is 0 Å². The summed E-state index contributed by atoms with van der Waals surface area (Å²) in [5.41, 5.74) is -1.24. The highest BCUT2D eigenvalue weighted by Gasteiger charge is 2.32. The van der Waals surface area contributed by atoms with E-state index < -0.39 is 35.3 Å². The lowest BCUT2D eigenvalue weighted by Crippen LogP contribution is -2.44. The van der Waals surface area contributed by atoms with Crippen LogP contribution in [0.3, 0.4) is 0 Å². The first-order chi connectivity index (χ1) is 9.90. The summed E-state index contributed by atoms with van der Waals surface area (Å²) in [6, 6.07) is 3.93. The largest absolute Gasteiger partial charge is 0.447 e. The minimum atomic E-state index is -4.47. The van der Waals surface area contributed by atoms with Gasteiger partial charge in [0.2, 0.25) is 6.10 Å². The number of alkyl halides is 3. The smallest absolute Gasteiger partial charge is 0.416 e. The molecule has 0 spiro atoms. The molecule has 0 bridgehead atoms. The minimum absolute atomic E-state index is 0.171. The number of halogens is 3. The number of benzene rings is 1. The Morgan fingerprint density at radius 3 is 1.95 bits per heavy atom. The third-order valence-electron chi connectivity index (χ3n) is 2.56. The number of esters is 1. The molecule has 0 saturated heterocycles. The van der Waals surface area contributed by atoms with Crippen molar-refractivity contribution in [3.05, 3.63) is 35.4 Å². The number of nitrogens with one attached hydrogen (secondary N) is 1. The van der Waals surface area contributed by atoms with Gasteiger partial charge in [-0.25, -0.2) is 0 Å². The summed E-state index contributed by atoms with van der Waals surface area (Å²) in [6.45, 7) is 6.34. The lowest BCUT2D eigenvalue weighted by molar-refractivity contribution is -0.155. The van der Waals surface area contributed by atoms with Crippen molar-refractivity contribution < 1.29 is 27.5 Å². The molecular formula is C15H18F3NO3. The van der Waals surface area contributed by atoms with Crippen LogP contribution in [-0.2, 0) is 20.5 Å². The fourth-order valence-electron chi connectivity index (χ4n) is 1.72. The normalized spacial score (nSPS) is 13.4. The molecular weight excluding hydrogens is 299 g/mol. The van der Waals surface area contributed by atoms with E-state index in [0.29, 0.717) is 0 Å². The van der Waals surface area contributed by atoms with Crippen molar-refractivity contribution in [1.82, 2.24) is 5.32 Å². The molecule has 0 radical (unpaired) electrons. The average Bonchev–Trinajstić information content (AvgIpc) is 2.32. The Balaban J connectivity index is 3.07. The van der Waals surface area contributed by atoms with Crippen LogP contribution in [0.4, 0.5) is 13.2 Å². The number of hydrogen-bond acceptors (Lipinski definition) is 3. The van der Waals surface area contributed by atoms with Crippen LogP contribution in [0.15, 0.2) is 24.3 Å². The van der Waals surface area contributed by atoms with Crippen LogP contribution in [0.25, 0.3) is 0 Å². The van der Waals surface area contributed by atoms with Crippen molar-refractivity contribution in [2.45, 2.75) is 45.5 Å². The first-order valence-corrected chi connectivity index (χ1v) is 6.56. The molecule has 1 aromatic carbocycles. The molecule has 122 valence electrons. The van der Waals surface area contributed by atoms with Crippen molar-refractivity contribution in [2.75, 3.05) is 0 Å². The maximum Gasteiger partial charge on any atom is 0.416 e. The summed E-state index contributed by atoms with van der Waals surface area (Å²) in [5, 5.41) is 2.63. The maximum absolute atomic E-state index is 12.5. The molecule has 1 atom stereocenters. The molecule has 22 heavy (non-hydrogen) atoms. The van der Waals surface area contributed by atoms with E-state index in [1.165, 1.54) is 0 Å². The van der Waals surface area contributed by atoms with Crippen LogP contribution in [0, 0.1) is 0 Å². The van der Waals surface area contributed by atoms with Crippen LogP contribution in [0.2, 0.25) is 0 Å². The standard InChI is InChI=1S/C15H18F3NO3/c1-9(20)22-12(13(21)19-14(2,3)4)10-5-7-11(8-6-10)15(16,17)18/h5-8,12H,1-4H3,(H,19,21). The summed E-state index contributed by atoms with van der Waals surface area (Å²) in [4.78, 5) is 23.3. The zero-order valence-electron chi connectivity index (χ0n) is 12.7. The molecule has 1 N–H and O–H groups in total. The molecule has 0 heterocycles. The number of carbonyl (C=O) groups excluding carboxylic acids is 2. The molecule has 1 rings (SSSR count). The van der Waals surface area contributed by atoms with Gasteiger partial charge in [-0.3, -0.25) is 9.59 Å². The van der Waals surface area contributed by atoms with Gasteiger partial charge in [0.05, 0.1) is 5.56 Å². The SMILES string of the molecule is CC(=O)OC(C(=O)NC(C)(C)C)c1ccc(C(F)(F)F)cc1. The monoisotopic (exact) mass is 317 g/mol. The summed E-state index contributed by atoms with van der Waals surface area (Å²) < 4.78 is 42.6. The Labute approximate surface area is 126 Å². The zero-order valence-corrected chi connectivity index (χ0v) is 12.7. The van der Waals surface area contributed by atoms with Gasteiger partial charge in [0.1, 0.15) is 0 Å². The van der Waals surface area contributed by atoms with E-state index in [-0.39, 0.29) is 5.56 Å². The second-order valence-corrected chi connectivity index (χ2v) is 5.85. The highest BCUT2D eigenvalue weighted by Crippen LogP contribution is 2.30. The fraction of sp³-hybridized carbons (Fsp3) is 0.467. The van der Waals surface area contributed by atoms with E-state index in [2.05, 4.69) is 5.32 Å². The predicted octanol–water partition coefficient (Wildman–Crippen LogP) is 3.22. The fourth-order valence-corrected chi connectivity index (χ4v) is 1.72. The molecule has 0 aliphatic heterocycles. The van der Waals surface area contributed by atoms with Crippen molar-refractivity contribution in [3.63, 3.8) is 0 Å². The third kappa shape index (κ3) is 5.38. The highest BCUT2D eigenvalue weighted by molar-refractivity contribution is 5.85. The quantitative estimate of drug-likeness (QED) is 0.871. The summed E-state index contributed by atoms with van der Waals surface area (Å²) >= 11 is 0. The number of carbonyl (C=O) groups is 2. The Morgan fingerprint density at radius 2 is 1.59 bits per heavy atom. The molecule has 0 aliphatic rings. The van der Waals surface area contributed by atoms with E-state index in [4.69, 9.17) is 4.74 Å². The lowest BCUT2D eigenvalue weighted by Gasteiger charge is -2.25. The molecule has 7 heteroatoms.